The first-order valence-electron chi connectivity index (χ1n) is 8.95. The van der Waals surface area contributed by atoms with E-state index in [1.54, 1.807) is 36.2 Å². The molecule has 0 aliphatic rings. The van der Waals surface area contributed by atoms with Gasteiger partial charge in [0.05, 0.1) is 0 Å². The number of aryl methyl sites for hydroxylation is 1. The Kier molecular flexibility index (Phi) is 6.07. The van der Waals surface area contributed by atoms with Crippen molar-refractivity contribution in [3.8, 4) is 5.75 Å². The average molecular weight is 374 g/mol. The number of anilines is 2. The monoisotopic (exact) mass is 374 g/mol. The third-order valence-electron chi connectivity index (χ3n) is 4.22. The van der Waals surface area contributed by atoms with Gasteiger partial charge in [-0.3, -0.25) is 9.59 Å². The predicted molar refractivity (Wildman–Crippen MR) is 111 cm³/mol. The average Bonchev–Trinajstić information content (AvgIpc) is 2.72. The third kappa shape index (κ3) is 4.98. The third-order valence-corrected chi connectivity index (χ3v) is 4.22. The topological polar surface area (TPSA) is 58.6 Å². The maximum Gasteiger partial charge on any atom is 0.262 e. The van der Waals surface area contributed by atoms with Crippen molar-refractivity contribution in [3.63, 3.8) is 0 Å². The van der Waals surface area contributed by atoms with Crippen LogP contribution in [0.5, 0.6) is 5.75 Å². The molecular formula is C23H22N2O3. The molecule has 28 heavy (non-hydrogen) atoms. The lowest BCUT2D eigenvalue weighted by Gasteiger charge is -2.17. The van der Waals surface area contributed by atoms with Crippen molar-refractivity contribution in [2.75, 3.05) is 23.9 Å². The summed E-state index contributed by atoms with van der Waals surface area (Å²) in [7, 11) is 1.73. The van der Waals surface area contributed by atoms with Crippen LogP contribution in [0.4, 0.5) is 11.4 Å². The standard InChI is InChI=1S/C23H22N2O3/c1-17-7-6-10-21(15-17)28-16-22(26)24-19-13-11-18(12-14-19)23(27)25(2)20-8-4-3-5-9-20/h3-15H,16H2,1-2H3,(H,24,26). The van der Waals surface area contributed by atoms with Crippen LogP contribution in [-0.4, -0.2) is 25.5 Å². The van der Waals surface area contributed by atoms with Crippen LogP contribution in [0.1, 0.15) is 15.9 Å². The van der Waals surface area contributed by atoms with Gasteiger partial charge in [-0.15, -0.1) is 0 Å². The van der Waals surface area contributed by atoms with Gasteiger partial charge in [-0.2, -0.15) is 0 Å². The Bertz CT molecular complexity index is 953. The molecule has 0 unspecified atom stereocenters. The summed E-state index contributed by atoms with van der Waals surface area (Å²) >= 11 is 0. The Labute approximate surface area is 164 Å². The molecule has 142 valence electrons. The van der Waals surface area contributed by atoms with Gasteiger partial charge >= 0.3 is 0 Å². The highest BCUT2D eigenvalue weighted by atomic mass is 16.5. The van der Waals surface area contributed by atoms with Crippen LogP contribution in [-0.2, 0) is 4.79 Å². The van der Waals surface area contributed by atoms with Crippen LogP contribution < -0.4 is 15.0 Å². The Hall–Kier alpha value is -3.60. The number of benzene rings is 3. The summed E-state index contributed by atoms with van der Waals surface area (Å²) in [5.74, 6) is 0.272. The second-order valence-electron chi connectivity index (χ2n) is 6.43. The number of amides is 2. The van der Waals surface area contributed by atoms with Gasteiger partial charge in [0.1, 0.15) is 5.75 Å². The predicted octanol–water partition coefficient (Wildman–Crippen LogP) is 4.29. The summed E-state index contributed by atoms with van der Waals surface area (Å²) in [6.45, 7) is 1.88. The zero-order valence-electron chi connectivity index (χ0n) is 15.9. The number of hydrogen-bond donors (Lipinski definition) is 1. The molecule has 3 rings (SSSR count). The Morgan fingerprint density at radius 1 is 0.929 bits per heavy atom. The fourth-order valence-electron chi connectivity index (χ4n) is 2.71. The number of nitrogens with zero attached hydrogens (tertiary/aromatic N) is 1. The Balaban J connectivity index is 1.56. The quantitative estimate of drug-likeness (QED) is 0.700. The molecule has 0 atom stereocenters. The van der Waals surface area contributed by atoms with Crippen molar-refractivity contribution in [2.24, 2.45) is 0 Å². The second-order valence-corrected chi connectivity index (χ2v) is 6.43. The molecular weight excluding hydrogens is 352 g/mol. The smallest absolute Gasteiger partial charge is 0.262 e. The zero-order chi connectivity index (χ0) is 19.9. The van der Waals surface area contributed by atoms with Gasteiger partial charge in [0.2, 0.25) is 0 Å². The molecule has 0 saturated carbocycles. The number of nitrogens with one attached hydrogen (secondary N) is 1. The van der Waals surface area contributed by atoms with Crippen molar-refractivity contribution in [1.29, 1.82) is 0 Å². The lowest BCUT2D eigenvalue weighted by Crippen LogP contribution is -2.26. The molecule has 3 aromatic rings. The maximum absolute atomic E-state index is 12.6. The lowest BCUT2D eigenvalue weighted by molar-refractivity contribution is -0.118. The first-order chi connectivity index (χ1) is 13.5. The van der Waals surface area contributed by atoms with Gasteiger partial charge in [-0.25, -0.2) is 0 Å². The highest BCUT2D eigenvalue weighted by Crippen LogP contribution is 2.17. The van der Waals surface area contributed by atoms with Crippen molar-refractivity contribution >= 4 is 23.2 Å². The fourth-order valence-corrected chi connectivity index (χ4v) is 2.71. The van der Waals surface area contributed by atoms with E-state index in [1.807, 2.05) is 61.5 Å². The number of carbonyl (C=O) groups excluding carboxylic acids is 2. The van der Waals surface area contributed by atoms with E-state index in [1.165, 1.54) is 0 Å². The number of carbonyl (C=O) groups is 2. The van der Waals surface area contributed by atoms with E-state index >= 15 is 0 Å². The van der Waals surface area contributed by atoms with Gasteiger partial charge < -0.3 is 15.0 Å². The van der Waals surface area contributed by atoms with Crippen LogP contribution >= 0.6 is 0 Å². The van der Waals surface area contributed by atoms with E-state index in [0.717, 1.165) is 11.3 Å². The van der Waals surface area contributed by atoms with Gasteiger partial charge in [0.25, 0.3) is 11.8 Å². The molecule has 0 aliphatic heterocycles. The van der Waals surface area contributed by atoms with Crippen molar-refractivity contribution < 1.29 is 14.3 Å². The zero-order valence-corrected chi connectivity index (χ0v) is 15.9. The number of para-hydroxylation sites is 1. The van der Waals surface area contributed by atoms with E-state index < -0.39 is 0 Å². The van der Waals surface area contributed by atoms with Crippen LogP contribution in [0, 0.1) is 6.92 Å². The summed E-state index contributed by atoms with van der Waals surface area (Å²) < 4.78 is 5.49. The SMILES string of the molecule is Cc1cccc(OCC(=O)Nc2ccc(C(=O)N(C)c3ccccc3)cc2)c1. The summed E-state index contributed by atoms with van der Waals surface area (Å²) in [6, 6.07) is 23.7. The molecule has 0 aliphatic carbocycles. The maximum atomic E-state index is 12.6. The van der Waals surface area contributed by atoms with E-state index in [0.29, 0.717) is 17.0 Å². The summed E-state index contributed by atoms with van der Waals surface area (Å²) in [5, 5.41) is 2.76. The van der Waals surface area contributed by atoms with Gasteiger partial charge in [0.15, 0.2) is 6.61 Å². The molecule has 2 amide bonds. The minimum absolute atomic E-state index is 0.0825. The molecule has 0 bridgehead atoms. The normalized spacial score (nSPS) is 10.2. The second kappa shape index (κ2) is 8.86. The minimum atomic E-state index is -0.262. The van der Waals surface area contributed by atoms with Crippen LogP contribution in [0.25, 0.3) is 0 Å². The molecule has 0 radical (unpaired) electrons. The van der Waals surface area contributed by atoms with E-state index in [9.17, 15) is 9.59 Å². The van der Waals surface area contributed by atoms with Gasteiger partial charge in [-0.05, 0) is 61.0 Å². The highest BCUT2D eigenvalue weighted by Gasteiger charge is 2.13. The van der Waals surface area contributed by atoms with E-state index in [-0.39, 0.29) is 18.4 Å². The molecule has 3 aromatic carbocycles. The van der Waals surface area contributed by atoms with Gasteiger partial charge in [0, 0.05) is 24.0 Å². The molecule has 1 N–H and O–H groups in total. The summed E-state index contributed by atoms with van der Waals surface area (Å²) in [6.07, 6.45) is 0. The lowest BCUT2D eigenvalue weighted by atomic mass is 10.1. The van der Waals surface area contributed by atoms with Crippen LogP contribution in [0.2, 0.25) is 0 Å². The summed E-state index contributed by atoms with van der Waals surface area (Å²) in [5.41, 5.74) is 3.04. The van der Waals surface area contributed by atoms with Crippen LogP contribution in [0.3, 0.4) is 0 Å². The van der Waals surface area contributed by atoms with Crippen molar-refractivity contribution in [1.82, 2.24) is 0 Å². The van der Waals surface area contributed by atoms with Crippen LogP contribution in [0.15, 0.2) is 78.9 Å². The first-order valence-corrected chi connectivity index (χ1v) is 8.95. The summed E-state index contributed by atoms with van der Waals surface area (Å²) in [4.78, 5) is 26.2. The van der Waals surface area contributed by atoms with Gasteiger partial charge in [-0.1, -0.05) is 30.3 Å². The highest BCUT2D eigenvalue weighted by molar-refractivity contribution is 6.06. The number of hydrogen-bond acceptors (Lipinski definition) is 3. The molecule has 0 heterocycles. The van der Waals surface area contributed by atoms with Crippen molar-refractivity contribution in [3.05, 3.63) is 90.0 Å². The molecule has 5 heteroatoms. The molecule has 0 saturated heterocycles. The largest absolute Gasteiger partial charge is 0.484 e. The Morgan fingerprint density at radius 3 is 2.32 bits per heavy atom. The fraction of sp³-hybridized carbons (Fsp3) is 0.130. The van der Waals surface area contributed by atoms with Crippen molar-refractivity contribution in [2.45, 2.75) is 6.92 Å². The molecule has 0 spiro atoms. The van der Waals surface area contributed by atoms with E-state index in [4.69, 9.17) is 4.74 Å². The molecule has 0 fully saturated rings. The molecule has 0 aromatic heterocycles. The Morgan fingerprint density at radius 2 is 1.64 bits per heavy atom. The minimum Gasteiger partial charge on any atom is -0.484 e. The first kappa shape index (κ1) is 19.2. The van der Waals surface area contributed by atoms with E-state index in [2.05, 4.69) is 5.32 Å². The molecule has 5 nitrogen and oxygen atoms in total. The number of rotatable bonds is 6. The number of ether oxygens (including phenoxy) is 1.